The molecule has 0 saturated carbocycles. The first-order chi connectivity index (χ1) is 7.70. The molecule has 1 aliphatic heterocycles. The molecular formula is C14H19NO. The summed E-state index contributed by atoms with van der Waals surface area (Å²) in [6, 6.07) is 6.14. The summed E-state index contributed by atoms with van der Waals surface area (Å²) in [5.74, 6) is 0.731. The second-order valence-corrected chi connectivity index (χ2v) is 4.87. The van der Waals surface area contributed by atoms with E-state index in [0.29, 0.717) is 0 Å². The highest BCUT2D eigenvalue weighted by Gasteiger charge is 2.18. The lowest BCUT2D eigenvalue weighted by atomic mass is 9.98. The van der Waals surface area contributed by atoms with Crippen molar-refractivity contribution in [2.45, 2.75) is 26.7 Å². The Morgan fingerprint density at radius 1 is 1.44 bits per heavy atom. The van der Waals surface area contributed by atoms with Crippen LogP contribution in [0.1, 0.15) is 35.7 Å². The van der Waals surface area contributed by atoms with Gasteiger partial charge in [0.2, 0.25) is 0 Å². The van der Waals surface area contributed by atoms with Gasteiger partial charge in [-0.3, -0.25) is 4.79 Å². The number of carbonyl (C=O) groups is 1. The number of anilines is 1. The van der Waals surface area contributed by atoms with Gasteiger partial charge < -0.3 is 4.90 Å². The molecule has 1 aromatic carbocycles. The van der Waals surface area contributed by atoms with Gasteiger partial charge in [0.15, 0.2) is 6.29 Å². The molecule has 1 aliphatic rings. The van der Waals surface area contributed by atoms with E-state index in [4.69, 9.17) is 0 Å². The van der Waals surface area contributed by atoms with Gasteiger partial charge in [-0.25, -0.2) is 0 Å². The summed E-state index contributed by atoms with van der Waals surface area (Å²) in [5, 5.41) is 0. The second kappa shape index (κ2) is 4.69. The first-order valence-electron chi connectivity index (χ1n) is 6.01. The number of rotatable bonds is 2. The largest absolute Gasteiger partial charge is 0.371 e. The highest BCUT2D eigenvalue weighted by atomic mass is 16.1. The summed E-state index contributed by atoms with van der Waals surface area (Å²) in [5.41, 5.74) is 3.08. The maximum Gasteiger partial charge on any atom is 0.152 e. The summed E-state index contributed by atoms with van der Waals surface area (Å²) < 4.78 is 0. The molecule has 0 radical (unpaired) electrons. The number of nitrogens with zero attached hydrogens (tertiary/aromatic N) is 1. The van der Waals surface area contributed by atoms with Crippen molar-refractivity contribution in [3.05, 3.63) is 29.3 Å². The highest BCUT2D eigenvalue weighted by Crippen LogP contribution is 2.26. The Morgan fingerprint density at radius 2 is 2.25 bits per heavy atom. The van der Waals surface area contributed by atoms with Crippen LogP contribution >= 0.6 is 0 Å². The minimum atomic E-state index is 0.731. The molecule has 1 saturated heterocycles. The monoisotopic (exact) mass is 217 g/mol. The van der Waals surface area contributed by atoms with Crippen LogP contribution in [0.5, 0.6) is 0 Å². The molecular weight excluding hydrogens is 198 g/mol. The smallest absolute Gasteiger partial charge is 0.152 e. The Hall–Kier alpha value is -1.31. The summed E-state index contributed by atoms with van der Waals surface area (Å²) in [6.07, 6.45) is 3.51. The van der Waals surface area contributed by atoms with Gasteiger partial charge in [-0.05, 0) is 37.8 Å². The summed E-state index contributed by atoms with van der Waals surface area (Å²) >= 11 is 0. The first-order valence-corrected chi connectivity index (χ1v) is 6.01. The predicted octanol–water partition coefficient (Wildman–Crippen LogP) is 3.04. The molecule has 1 unspecified atom stereocenters. The van der Waals surface area contributed by atoms with Crippen molar-refractivity contribution in [3.8, 4) is 0 Å². The number of piperidine rings is 1. The van der Waals surface area contributed by atoms with Crippen molar-refractivity contribution >= 4 is 12.0 Å². The van der Waals surface area contributed by atoms with Gasteiger partial charge in [0, 0.05) is 24.3 Å². The SMILES string of the molecule is Cc1ccc(N2CCCC(C)C2)c(C=O)c1. The van der Waals surface area contributed by atoms with E-state index in [-0.39, 0.29) is 0 Å². The fourth-order valence-electron chi connectivity index (χ4n) is 2.46. The maximum absolute atomic E-state index is 11.1. The van der Waals surface area contributed by atoms with E-state index in [0.717, 1.165) is 42.1 Å². The minimum Gasteiger partial charge on any atom is -0.371 e. The first kappa shape index (κ1) is 11.2. The van der Waals surface area contributed by atoms with E-state index in [9.17, 15) is 4.79 Å². The molecule has 1 atom stereocenters. The third-order valence-electron chi connectivity index (χ3n) is 3.31. The van der Waals surface area contributed by atoms with Gasteiger partial charge in [0.25, 0.3) is 0 Å². The maximum atomic E-state index is 11.1. The van der Waals surface area contributed by atoms with E-state index >= 15 is 0 Å². The Balaban J connectivity index is 2.28. The van der Waals surface area contributed by atoms with Crippen LogP contribution in [0.4, 0.5) is 5.69 Å². The fourth-order valence-corrected chi connectivity index (χ4v) is 2.46. The van der Waals surface area contributed by atoms with Crippen LogP contribution in [0.15, 0.2) is 18.2 Å². The highest BCUT2D eigenvalue weighted by molar-refractivity contribution is 5.85. The van der Waals surface area contributed by atoms with Crippen molar-refractivity contribution in [1.82, 2.24) is 0 Å². The molecule has 2 heteroatoms. The molecule has 1 heterocycles. The van der Waals surface area contributed by atoms with E-state index < -0.39 is 0 Å². The van der Waals surface area contributed by atoms with E-state index in [1.165, 1.54) is 12.8 Å². The van der Waals surface area contributed by atoms with Crippen molar-refractivity contribution in [2.24, 2.45) is 5.92 Å². The number of hydrogen-bond donors (Lipinski definition) is 0. The summed E-state index contributed by atoms with van der Waals surface area (Å²) in [4.78, 5) is 13.4. The van der Waals surface area contributed by atoms with Crippen LogP contribution in [0, 0.1) is 12.8 Å². The van der Waals surface area contributed by atoms with Gasteiger partial charge >= 0.3 is 0 Å². The Bertz CT molecular complexity index is 386. The number of aryl methyl sites for hydroxylation is 1. The number of benzene rings is 1. The van der Waals surface area contributed by atoms with Crippen molar-refractivity contribution < 1.29 is 4.79 Å². The number of hydrogen-bond acceptors (Lipinski definition) is 2. The van der Waals surface area contributed by atoms with Gasteiger partial charge in [0.1, 0.15) is 0 Å². The van der Waals surface area contributed by atoms with Crippen molar-refractivity contribution in [3.63, 3.8) is 0 Å². The van der Waals surface area contributed by atoms with Gasteiger partial charge in [0.05, 0.1) is 0 Å². The molecule has 0 amide bonds. The molecule has 86 valence electrons. The zero-order chi connectivity index (χ0) is 11.5. The van der Waals surface area contributed by atoms with Crippen LogP contribution < -0.4 is 4.90 Å². The third kappa shape index (κ3) is 2.26. The molecule has 0 N–H and O–H groups in total. The van der Waals surface area contributed by atoms with Gasteiger partial charge in [-0.2, -0.15) is 0 Å². The van der Waals surface area contributed by atoms with Crippen LogP contribution in [0.2, 0.25) is 0 Å². The van der Waals surface area contributed by atoms with Gasteiger partial charge in [-0.15, -0.1) is 0 Å². The molecule has 1 fully saturated rings. The van der Waals surface area contributed by atoms with E-state index in [2.05, 4.69) is 24.0 Å². The molecule has 0 spiro atoms. The van der Waals surface area contributed by atoms with Gasteiger partial charge in [-0.1, -0.05) is 18.6 Å². The van der Waals surface area contributed by atoms with E-state index in [1.807, 2.05) is 13.0 Å². The van der Waals surface area contributed by atoms with Crippen LogP contribution in [0.25, 0.3) is 0 Å². The average molecular weight is 217 g/mol. The second-order valence-electron chi connectivity index (χ2n) is 4.87. The molecule has 2 rings (SSSR count). The normalized spacial score (nSPS) is 20.9. The lowest BCUT2D eigenvalue weighted by Crippen LogP contribution is -2.34. The van der Waals surface area contributed by atoms with Crippen LogP contribution in [0.3, 0.4) is 0 Å². The number of carbonyl (C=O) groups excluding carboxylic acids is 1. The van der Waals surface area contributed by atoms with Crippen molar-refractivity contribution in [1.29, 1.82) is 0 Å². The quantitative estimate of drug-likeness (QED) is 0.710. The summed E-state index contributed by atoms with van der Waals surface area (Å²) in [6.45, 7) is 6.45. The molecule has 2 nitrogen and oxygen atoms in total. The number of aldehydes is 1. The zero-order valence-electron chi connectivity index (χ0n) is 10.1. The van der Waals surface area contributed by atoms with Crippen LogP contribution in [-0.4, -0.2) is 19.4 Å². The molecule has 0 aliphatic carbocycles. The average Bonchev–Trinajstić information content (AvgIpc) is 2.28. The Kier molecular flexibility index (Phi) is 3.28. The van der Waals surface area contributed by atoms with Crippen molar-refractivity contribution in [2.75, 3.05) is 18.0 Å². The Morgan fingerprint density at radius 3 is 2.94 bits per heavy atom. The predicted molar refractivity (Wildman–Crippen MR) is 67.2 cm³/mol. The lowest BCUT2D eigenvalue weighted by Gasteiger charge is -2.33. The minimum absolute atomic E-state index is 0.731. The van der Waals surface area contributed by atoms with E-state index in [1.54, 1.807) is 0 Å². The Labute approximate surface area is 97.3 Å². The molecule has 1 aromatic rings. The summed E-state index contributed by atoms with van der Waals surface area (Å²) in [7, 11) is 0. The molecule has 0 aromatic heterocycles. The molecule has 16 heavy (non-hydrogen) atoms. The topological polar surface area (TPSA) is 20.3 Å². The van der Waals surface area contributed by atoms with Crippen LogP contribution in [-0.2, 0) is 0 Å². The third-order valence-corrected chi connectivity index (χ3v) is 3.31. The zero-order valence-corrected chi connectivity index (χ0v) is 10.1. The lowest BCUT2D eigenvalue weighted by molar-refractivity contribution is 0.112. The molecule has 0 bridgehead atoms. The fraction of sp³-hybridized carbons (Fsp3) is 0.500. The standard InChI is InChI=1S/C14H19NO/c1-11-5-6-14(13(8-11)10-16)15-7-3-4-12(2)9-15/h5-6,8,10,12H,3-4,7,9H2,1-2H3.